The third kappa shape index (κ3) is 5.41. The molecule has 3 rings (SSSR count). The summed E-state index contributed by atoms with van der Waals surface area (Å²) in [6.07, 6.45) is 0.0742. The number of carbonyl (C=O) groups excluding carboxylic acids is 1. The molecule has 0 heterocycles. The van der Waals surface area contributed by atoms with Crippen molar-refractivity contribution in [1.29, 1.82) is 0 Å². The van der Waals surface area contributed by atoms with Crippen molar-refractivity contribution in [2.24, 2.45) is 0 Å². The number of carbonyl (C=O) groups is 1. The van der Waals surface area contributed by atoms with Crippen LogP contribution in [0.3, 0.4) is 0 Å². The van der Waals surface area contributed by atoms with Crippen LogP contribution in [0.15, 0.2) is 83.8 Å². The molecule has 8 heteroatoms. The van der Waals surface area contributed by atoms with Crippen LogP contribution in [0.4, 0.5) is 10.1 Å². The average molecular weight is 433 g/mol. The van der Waals surface area contributed by atoms with Gasteiger partial charge in [0.25, 0.3) is 0 Å². The molecule has 150 valence electrons. The molecule has 0 bridgehead atoms. The molecule has 0 radical (unpaired) electrons. The topological polar surface area (TPSA) is 75.3 Å². The number of sulfonamides is 1. The fourth-order valence-electron chi connectivity index (χ4n) is 2.73. The van der Waals surface area contributed by atoms with Gasteiger partial charge in [0, 0.05) is 0 Å². The summed E-state index contributed by atoms with van der Waals surface area (Å²) < 4.78 is 41.8. The SMILES string of the molecule is O=C(Nc1ccccc1Cl)[C@H](Cc1ccccc1)NS(=O)(=O)c1ccccc1F. The van der Waals surface area contributed by atoms with E-state index in [9.17, 15) is 17.6 Å². The van der Waals surface area contributed by atoms with Crippen molar-refractivity contribution in [2.75, 3.05) is 5.32 Å². The van der Waals surface area contributed by atoms with Crippen LogP contribution in [0.2, 0.25) is 5.02 Å². The Bertz CT molecular complexity index is 1110. The molecule has 0 fully saturated rings. The summed E-state index contributed by atoms with van der Waals surface area (Å²) in [5, 5.41) is 2.94. The van der Waals surface area contributed by atoms with Crippen LogP contribution in [-0.4, -0.2) is 20.4 Å². The highest BCUT2D eigenvalue weighted by Gasteiger charge is 2.28. The highest BCUT2D eigenvalue weighted by atomic mass is 35.5. The molecule has 0 aromatic heterocycles. The van der Waals surface area contributed by atoms with Crippen molar-refractivity contribution in [1.82, 2.24) is 4.72 Å². The lowest BCUT2D eigenvalue weighted by Gasteiger charge is -2.19. The smallest absolute Gasteiger partial charge is 0.244 e. The molecule has 0 aliphatic carbocycles. The van der Waals surface area contributed by atoms with Gasteiger partial charge in [0.2, 0.25) is 15.9 Å². The van der Waals surface area contributed by atoms with Crippen LogP contribution in [0.25, 0.3) is 0 Å². The van der Waals surface area contributed by atoms with E-state index in [-0.39, 0.29) is 6.42 Å². The minimum Gasteiger partial charge on any atom is -0.323 e. The van der Waals surface area contributed by atoms with Crippen molar-refractivity contribution < 1.29 is 17.6 Å². The first-order valence-electron chi connectivity index (χ1n) is 8.73. The van der Waals surface area contributed by atoms with Crippen molar-refractivity contribution in [3.8, 4) is 0 Å². The second-order valence-corrected chi connectivity index (χ2v) is 8.35. The van der Waals surface area contributed by atoms with E-state index in [1.807, 2.05) is 6.07 Å². The molecule has 3 aromatic carbocycles. The first-order valence-corrected chi connectivity index (χ1v) is 10.6. The Morgan fingerprint density at radius 1 is 0.931 bits per heavy atom. The molecule has 0 unspecified atom stereocenters. The molecule has 2 N–H and O–H groups in total. The number of nitrogens with one attached hydrogen (secondary N) is 2. The predicted octanol–water partition coefficient (Wildman–Crippen LogP) is 4.01. The van der Waals surface area contributed by atoms with Crippen molar-refractivity contribution in [3.05, 3.63) is 95.3 Å². The predicted molar refractivity (Wildman–Crippen MR) is 111 cm³/mol. The summed E-state index contributed by atoms with van der Waals surface area (Å²) in [6, 6.07) is 19.3. The molecule has 0 aliphatic rings. The Balaban J connectivity index is 1.89. The molecule has 0 saturated carbocycles. The molecule has 29 heavy (non-hydrogen) atoms. The number of hydrogen-bond acceptors (Lipinski definition) is 3. The zero-order chi connectivity index (χ0) is 20.9. The van der Waals surface area contributed by atoms with Gasteiger partial charge < -0.3 is 5.32 Å². The van der Waals surface area contributed by atoms with Gasteiger partial charge in [-0.15, -0.1) is 0 Å². The molecular weight excluding hydrogens is 415 g/mol. The number of amides is 1. The second-order valence-electron chi connectivity index (χ2n) is 6.26. The van der Waals surface area contributed by atoms with Crippen LogP contribution in [-0.2, 0) is 21.2 Å². The lowest BCUT2D eigenvalue weighted by molar-refractivity contribution is -0.117. The molecule has 0 spiro atoms. The number of halogens is 2. The fourth-order valence-corrected chi connectivity index (χ4v) is 4.19. The Morgan fingerprint density at radius 3 is 2.24 bits per heavy atom. The van der Waals surface area contributed by atoms with E-state index < -0.39 is 32.7 Å². The highest BCUT2D eigenvalue weighted by molar-refractivity contribution is 7.89. The van der Waals surface area contributed by atoms with Gasteiger partial charge in [-0.1, -0.05) is 66.2 Å². The Labute approximate surface area is 173 Å². The summed E-state index contributed by atoms with van der Waals surface area (Å²) in [5.74, 6) is -1.51. The van der Waals surface area contributed by atoms with Crippen LogP contribution >= 0.6 is 11.6 Å². The lowest BCUT2D eigenvalue weighted by atomic mass is 10.1. The average Bonchev–Trinajstić information content (AvgIpc) is 2.70. The minimum atomic E-state index is -4.28. The lowest BCUT2D eigenvalue weighted by Crippen LogP contribution is -2.45. The van der Waals surface area contributed by atoms with Gasteiger partial charge in [0.05, 0.1) is 10.7 Å². The van der Waals surface area contributed by atoms with Crippen LogP contribution in [0, 0.1) is 5.82 Å². The van der Waals surface area contributed by atoms with Gasteiger partial charge in [0.15, 0.2) is 0 Å². The van der Waals surface area contributed by atoms with Crippen LogP contribution in [0.5, 0.6) is 0 Å². The Hall–Kier alpha value is -2.74. The van der Waals surface area contributed by atoms with E-state index in [2.05, 4.69) is 10.0 Å². The van der Waals surface area contributed by atoms with E-state index in [0.717, 1.165) is 17.7 Å². The summed E-state index contributed by atoms with van der Waals surface area (Å²) in [5.41, 5.74) is 1.09. The summed E-state index contributed by atoms with van der Waals surface area (Å²) in [6.45, 7) is 0. The monoisotopic (exact) mass is 432 g/mol. The van der Waals surface area contributed by atoms with Crippen molar-refractivity contribution in [3.63, 3.8) is 0 Å². The summed E-state index contributed by atoms with van der Waals surface area (Å²) in [4.78, 5) is 12.3. The number of para-hydroxylation sites is 1. The third-order valence-corrected chi connectivity index (χ3v) is 5.99. The van der Waals surface area contributed by atoms with E-state index in [0.29, 0.717) is 10.7 Å². The Kier molecular flexibility index (Phi) is 6.64. The van der Waals surface area contributed by atoms with Crippen molar-refractivity contribution >= 4 is 33.2 Å². The number of rotatable bonds is 7. The molecular formula is C21H18ClFN2O3S. The molecule has 0 saturated heterocycles. The van der Waals surface area contributed by atoms with Crippen LogP contribution in [0.1, 0.15) is 5.56 Å². The quantitative estimate of drug-likeness (QED) is 0.592. The van der Waals surface area contributed by atoms with Crippen LogP contribution < -0.4 is 10.0 Å². The highest BCUT2D eigenvalue weighted by Crippen LogP contribution is 2.21. The normalized spacial score (nSPS) is 12.3. The van der Waals surface area contributed by atoms with E-state index >= 15 is 0 Å². The summed E-state index contributed by atoms with van der Waals surface area (Å²) >= 11 is 6.08. The first-order chi connectivity index (χ1) is 13.9. The zero-order valence-electron chi connectivity index (χ0n) is 15.2. The van der Waals surface area contributed by atoms with Gasteiger partial charge in [0.1, 0.15) is 16.8 Å². The fraction of sp³-hybridized carbons (Fsp3) is 0.0952. The Morgan fingerprint density at radius 2 is 1.55 bits per heavy atom. The molecule has 0 aliphatic heterocycles. The van der Waals surface area contributed by atoms with Gasteiger partial charge in [-0.2, -0.15) is 4.72 Å². The van der Waals surface area contributed by atoms with E-state index in [1.165, 1.54) is 12.1 Å². The number of benzene rings is 3. The van der Waals surface area contributed by atoms with Crippen molar-refractivity contribution in [2.45, 2.75) is 17.4 Å². The number of anilines is 1. The maximum absolute atomic E-state index is 14.0. The molecule has 5 nitrogen and oxygen atoms in total. The summed E-state index contributed by atoms with van der Waals surface area (Å²) in [7, 11) is -4.28. The largest absolute Gasteiger partial charge is 0.323 e. The molecule has 1 amide bonds. The second kappa shape index (κ2) is 9.17. The first kappa shape index (κ1) is 21.0. The van der Waals surface area contributed by atoms with Gasteiger partial charge in [-0.05, 0) is 36.2 Å². The third-order valence-electron chi connectivity index (χ3n) is 4.15. The zero-order valence-corrected chi connectivity index (χ0v) is 16.8. The molecule has 1 atom stereocenters. The van der Waals surface area contributed by atoms with E-state index in [4.69, 9.17) is 11.6 Å². The maximum atomic E-state index is 14.0. The minimum absolute atomic E-state index is 0.0742. The number of hydrogen-bond donors (Lipinski definition) is 2. The molecule has 3 aromatic rings. The van der Waals surface area contributed by atoms with Gasteiger partial charge in [-0.25, -0.2) is 12.8 Å². The van der Waals surface area contributed by atoms with Gasteiger partial charge >= 0.3 is 0 Å². The van der Waals surface area contributed by atoms with E-state index in [1.54, 1.807) is 48.5 Å². The maximum Gasteiger partial charge on any atom is 0.244 e. The standard InChI is InChI=1S/C21H18ClFN2O3S/c22-16-10-4-6-12-18(16)24-21(26)19(14-15-8-2-1-3-9-15)25-29(27,28)20-13-7-5-11-17(20)23/h1-13,19,25H,14H2,(H,24,26)/t19-/m0/s1. The van der Waals surface area contributed by atoms with Gasteiger partial charge in [-0.3, -0.25) is 4.79 Å².